The molecule has 0 saturated heterocycles. The quantitative estimate of drug-likeness (QED) is 0.911. The standard InChI is InChI=1S/C18H24N4O/c1-3-6-14-11-20-17(21-14)16-10-9-13-7-4-5-8-15(13)22(16)18(23)12(2)19/h4-5,7-8,11-12,16H,3,6,9-10,19H2,1-2H3,(H,20,21). The molecule has 0 spiro atoms. The first-order chi connectivity index (χ1) is 11.1. The van der Waals surface area contributed by atoms with Gasteiger partial charge < -0.3 is 15.6 Å². The number of para-hydroxylation sites is 1. The van der Waals surface area contributed by atoms with Gasteiger partial charge in [-0.3, -0.25) is 4.79 Å². The number of imidazole rings is 1. The van der Waals surface area contributed by atoms with Crippen molar-refractivity contribution in [3.05, 3.63) is 47.5 Å². The Balaban J connectivity index is 1.99. The summed E-state index contributed by atoms with van der Waals surface area (Å²) in [5, 5.41) is 0. The fraction of sp³-hybridized carbons (Fsp3) is 0.444. The predicted molar refractivity (Wildman–Crippen MR) is 91.2 cm³/mol. The van der Waals surface area contributed by atoms with Crippen LogP contribution in [-0.4, -0.2) is 21.9 Å². The number of carbonyl (C=O) groups excluding carboxylic acids is 1. The van der Waals surface area contributed by atoms with Crippen LogP contribution in [0.15, 0.2) is 30.5 Å². The molecule has 0 fully saturated rings. The van der Waals surface area contributed by atoms with E-state index >= 15 is 0 Å². The highest BCUT2D eigenvalue weighted by Gasteiger charge is 2.34. The van der Waals surface area contributed by atoms with E-state index in [4.69, 9.17) is 5.73 Å². The van der Waals surface area contributed by atoms with Gasteiger partial charge in [-0.1, -0.05) is 31.5 Å². The SMILES string of the molecule is CCCc1cnc(C2CCc3ccccc3N2C(=O)C(C)N)[nH]1. The minimum atomic E-state index is -0.534. The molecule has 0 radical (unpaired) electrons. The summed E-state index contributed by atoms with van der Waals surface area (Å²) in [7, 11) is 0. The Kier molecular flexibility index (Phi) is 4.48. The first kappa shape index (κ1) is 15.7. The smallest absolute Gasteiger partial charge is 0.244 e. The number of aromatic nitrogens is 2. The van der Waals surface area contributed by atoms with E-state index in [2.05, 4.69) is 23.0 Å². The number of nitrogens with one attached hydrogen (secondary N) is 1. The van der Waals surface area contributed by atoms with Crippen LogP contribution in [-0.2, 0) is 17.6 Å². The summed E-state index contributed by atoms with van der Waals surface area (Å²) in [4.78, 5) is 22.5. The van der Waals surface area contributed by atoms with Gasteiger partial charge in [0.1, 0.15) is 5.82 Å². The summed E-state index contributed by atoms with van der Waals surface area (Å²) in [6.07, 6.45) is 5.71. The molecule has 2 atom stereocenters. The second-order valence-electron chi connectivity index (χ2n) is 6.22. The number of amides is 1. The zero-order valence-electron chi connectivity index (χ0n) is 13.7. The lowest BCUT2D eigenvalue weighted by Crippen LogP contribution is -2.46. The first-order valence-corrected chi connectivity index (χ1v) is 8.32. The second-order valence-corrected chi connectivity index (χ2v) is 6.22. The van der Waals surface area contributed by atoms with Gasteiger partial charge in [0.25, 0.3) is 0 Å². The maximum Gasteiger partial charge on any atom is 0.244 e. The van der Waals surface area contributed by atoms with Crippen molar-refractivity contribution in [2.75, 3.05) is 4.90 Å². The molecular weight excluding hydrogens is 288 g/mol. The minimum Gasteiger partial charge on any atom is -0.344 e. The van der Waals surface area contributed by atoms with Crippen molar-refractivity contribution in [3.8, 4) is 0 Å². The van der Waals surface area contributed by atoms with Crippen LogP contribution in [0.1, 0.15) is 49.8 Å². The number of fused-ring (bicyclic) bond motifs is 1. The molecule has 2 heterocycles. The second kappa shape index (κ2) is 6.54. The van der Waals surface area contributed by atoms with Crippen molar-refractivity contribution >= 4 is 11.6 Å². The lowest BCUT2D eigenvalue weighted by Gasteiger charge is -2.37. The maximum absolute atomic E-state index is 12.7. The van der Waals surface area contributed by atoms with Crippen molar-refractivity contribution < 1.29 is 4.79 Å². The zero-order chi connectivity index (χ0) is 16.4. The fourth-order valence-electron chi connectivity index (χ4n) is 3.24. The highest BCUT2D eigenvalue weighted by Crippen LogP contribution is 2.37. The third-order valence-corrected chi connectivity index (χ3v) is 4.36. The Morgan fingerprint density at radius 2 is 2.26 bits per heavy atom. The number of anilines is 1. The molecule has 1 aliphatic rings. The number of nitrogens with zero attached hydrogens (tertiary/aromatic N) is 2. The van der Waals surface area contributed by atoms with E-state index in [9.17, 15) is 4.79 Å². The van der Waals surface area contributed by atoms with Gasteiger partial charge in [-0.25, -0.2) is 4.98 Å². The number of H-pyrrole nitrogens is 1. The highest BCUT2D eigenvalue weighted by molar-refractivity contribution is 5.98. The van der Waals surface area contributed by atoms with Crippen molar-refractivity contribution in [2.24, 2.45) is 5.73 Å². The van der Waals surface area contributed by atoms with Gasteiger partial charge in [0.15, 0.2) is 0 Å². The molecule has 2 unspecified atom stereocenters. The number of aromatic amines is 1. The lowest BCUT2D eigenvalue weighted by atomic mass is 9.94. The van der Waals surface area contributed by atoms with Gasteiger partial charge in [-0.05, 0) is 37.8 Å². The van der Waals surface area contributed by atoms with Gasteiger partial charge in [-0.15, -0.1) is 0 Å². The Bertz CT molecular complexity index is 692. The summed E-state index contributed by atoms with van der Waals surface area (Å²) in [6, 6.07) is 7.45. The van der Waals surface area contributed by atoms with Crippen LogP contribution in [0.4, 0.5) is 5.69 Å². The molecule has 1 aromatic carbocycles. The lowest BCUT2D eigenvalue weighted by molar-refractivity contribution is -0.120. The van der Waals surface area contributed by atoms with Crippen molar-refractivity contribution in [1.82, 2.24) is 9.97 Å². The van der Waals surface area contributed by atoms with E-state index in [-0.39, 0.29) is 11.9 Å². The van der Waals surface area contributed by atoms with E-state index in [1.165, 1.54) is 5.56 Å². The van der Waals surface area contributed by atoms with Gasteiger partial charge in [-0.2, -0.15) is 0 Å². The topological polar surface area (TPSA) is 75.0 Å². The average molecular weight is 312 g/mol. The molecule has 0 bridgehead atoms. The van der Waals surface area contributed by atoms with Crippen molar-refractivity contribution in [3.63, 3.8) is 0 Å². The molecular formula is C18H24N4O. The molecule has 1 aliphatic heterocycles. The summed E-state index contributed by atoms with van der Waals surface area (Å²) >= 11 is 0. The van der Waals surface area contributed by atoms with Gasteiger partial charge in [0.05, 0.1) is 12.1 Å². The number of hydrogen-bond acceptors (Lipinski definition) is 3. The Morgan fingerprint density at radius 3 is 3.00 bits per heavy atom. The Morgan fingerprint density at radius 1 is 1.48 bits per heavy atom. The van der Waals surface area contributed by atoms with Crippen LogP contribution in [0.3, 0.4) is 0 Å². The summed E-state index contributed by atoms with van der Waals surface area (Å²) in [6.45, 7) is 3.88. The van der Waals surface area contributed by atoms with Gasteiger partial charge >= 0.3 is 0 Å². The molecule has 0 aliphatic carbocycles. The highest BCUT2D eigenvalue weighted by atomic mass is 16.2. The predicted octanol–water partition coefficient (Wildman–Crippen LogP) is 2.73. The van der Waals surface area contributed by atoms with E-state index < -0.39 is 6.04 Å². The molecule has 5 nitrogen and oxygen atoms in total. The number of rotatable bonds is 4. The van der Waals surface area contributed by atoms with Crippen LogP contribution in [0, 0.1) is 0 Å². The third-order valence-electron chi connectivity index (χ3n) is 4.36. The third kappa shape index (κ3) is 3.01. The monoisotopic (exact) mass is 312 g/mol. The van der Waals surface area contributed by atoms with Crippen LogP contribution >= 0.6 is 0 Å². The molecule has 23 heavy (non-hydrogen) atoms. The van der Waals surface area contributed by atoms with Crippen molar-refractivity contribution in [2.45, 2.75) is 51.6 Å². The molecule has 5 heteroatoms. The molecule has 0 saturated carbocycles. The van der Waals surface area contributed by atoms with E-state index in [0.29, 0.717) is 0 Å². The number of nitrogens with two attached hydrogens (primary N) is 1. The first-order valence-electron chi connectivity index (χ1n) is 8.32. The summed E-state index contributed by atoms with van der Waals surface area (Å²) in [5.41, 5.74) is 9.17. The van der Waals surface area contributed by atoms with E-state index in [0.717, 1.165) is 42.9 Å². The average Bonchev–Trinajstić information content (AvgIpc) is 3.02. The number of carbonyl (C=O) groups is 1. The fourth-order valence-corrected chi connectivity index (χ4v) is 3.24. The molecule has 3 rings (SSSR count). The number of benzene rings is 1. The van der Waals surface area contributed by atoms with Crippen LogP contribution in [0.25, 0.3) is 0 Å². The van der Waals surface area contributed by atoms with Crippen LogP contribution in [0.2, 0.25) is 0 Å². The Labute approximate surface area is 136 Å². The Hall–Kier alpha value is -2.14. The molecule has 1 aromatic heterocycles. The van der Waals surface area contributed by atoms with E-state index in [1.54, 1.807) is 6.92 Å². The van der Waals surface area contributed by atoms with Crippen LogP contribution < -0.4 is 10.6 Å². The molecule has 1 amide bonds. The summed E-state index contributed by atoms with van der Waals surface area (Å²) < 4.78 is 0. The summed E-state index contributed by atoms with van der Waals surface area (Å²) in [5.74, 6) is 0.799. The maximum atomic E-state index is 12.7. The number of aryl methyl sites for hydroxylation is 2. The molecule has 122 valence electrons. The normalized spacial score (nSPS) is 18.6. The molecule has 2 aromatic rings. The minimum absolute atomic E-state index is 0.0596. The number of hydrogen-bond donors (Lipinski definition) is 2. The van der Waals surface area contributed by atoms with Crippen molar-refractivity contribution in [1.29, 1.82) is 0 Å². The van der Waals surface area contributed by atoms with Gasteiger partial charge in [0.2, 0.25) is 5.91 Å². The zero-order valence-corrected chi connectivity index (χ0v) is 13.7. The van der Waals surface area contributed by atoms with Gasteiger partial charge in [0, 0.05) is 17.6 Å². The largest absolute Gasteiger partial charge is 0.344 e. The van der Waals surface area contributed by atoms with E-state index in [1.807, 2.05) is 29.3 Å². The van der Waals surface area contributed by atoms with Crippen LogP contribution in [0.5, 0.6) is 0 Å². The molecule has 3 N–H and O–H groups in total.